The zero-order valence-electron chi connectivity index (χ0n) is 10.3. The van der Waals surface area contributed by atoms with Crippen LogP contribution < -0.4 is 0 Å². The minimum Gasteiger partial charge on any atom is -0.383 e. The first-order valence-corrected chi connectivity index (χ1v) is 7.38. The summed E-state index contributed by atoms with van der Waals surface area (Å²) in [6.45, 7) is 1.38. The van der Waals surface area contributed by atoms with E-state index in [1.54, 1.807) is 31.3 Å². The predicted molar refractivity (Wildman–Crippen MR) is 77.9 cm³/mol. The fourth-order valence-corrected chi connectivity index (χ4v) is 2.68. The molecule has 0 aliphatic carbocycles. The van der Waals surface area contributed by atoms with Crippen LogP contribution in [0, 0.1) is 0 Å². The molecule has 0 radical (unpaired) electrons. The maximum Gasteiger partial charge on any atom is 0.191 e. The van der Waals surface area contributed by atoms with Crippen LogP contribution >= 0.6 is 35.0 Å². The van der Waals surface area contributed by atoms with E-state index in [2.05, 4.69) is 10.2 Å². The average molecular weight is 318 g/mol. The SMILES string of the molecule is COCCn1cnnc1SCc1ccc(Cl)c(Cl)c1. The quantitative estimate of drug-likeness (QED) is 0.764. The maximum atomic E-state index is 5.98. The largest absolute Gasteiger partial charge is 0.383 e. The Labute approximate surface area is 126 Å². The van der Waals surface area contributed by atoms with Gasteiger partial charge in [-0.2, -0.15) is 0 Å². The van der Waals surface area contributed by atoms with Gasteiger partial charge in [-0.15, -0.1) is 10.2 Å². The van der Waals surface area contributed by atoms with Crippen LogP contribution in [0.15, 0.2) is 29.7 Å². The molecule has 102 valence electrons. The first-order chi connectivity index (χ1) is 9.20. The summed E-state index contributed by atoms with van der Waals surface area (Å²) in [7, 11) is 1.67. The molecule has 0 saturated heterocycles. The van der Waals surface area contributed by atoms with E-state index in [1.165, 1.54) is 0 Å². The minimum absolute atomic E-state index is 0.568. The predicted octanol–water partition coefficient (Wildman–Crippen LogP) is 3.52. The highest BCUT2D eigenvalue weighted by Crippen LogP contribution is 2.26. The molecule has 0 saturated carbocycles. The highest BCUT2D eigenvalue weighted by atomic mass is 35.5. The Morgan fingerprint density at radius 3 is 2.89 bits per heavy atom. The van der Waals surface area contributed by atoms with Gasteiger partial charge in [-0.1, -0.05) is 41.0 Å². The van der Waals surface area contributed by atoms with E-state index in [0.717, 1.165) is 23.0 Å². The number of rotatable bonds is 6. The van der Waals surface area contributed by atoms with Crippen molar-refractivity contribution in [2.75, 3.05) is 13.7 Å². The molecule has 0 atom stereocenters. The molecule has 0 spiro atoms. The Balaban J connectivity index is 1.98. The Morgan fingerprint density at radius 1 is 1.32 bits per heavy atom. The Morgan fingerprint density at radius 2 is 2.16 bits per heavy atom. The molecule has 7 heteroatoms. The van der Waals surface area contributed by atoms with E-state index in [1.807, 2.05) is 16.7 Å². The van der Waals surface area contributed by atoms with Crippen LogP contribution in [0.25, 0.3) is 0 Å². The Kier molecular flexibility index (Phi) is 5.51. The molecule has 2 aromatic rings. The third-order valence-electron chi connectivity index (χ3n) is 2.47. The molecule has 0 amide bonds. The molecule has 0 unspecified atom stereocenters. The van der Waals surface area contributed by atoms with Gasteiger partial charge in [0.1, 0.15) is 6.33 Å². The summed E-state index contributed by atoms with van der Waals surface area (Å²) in [5.41, 5.74) is 1.10. The van der Waals surface area contributed by atoms with Gasteiger partial charge in [0, 0.05) is 19.4 Å². The summed E-state index contributed by atoms with van der Waals surface area (Å²) in [6.07, 6.45) is 1.70. The van der Waals surface area contributed by atoms with Crippen molar-refractivity contribution in [2.24, 2.45) is 0 Å². The normalized spacial score (nSPS) is 10.9. The molecule has 0 aliphatic rings. The smallest absolute Gasteiger partial charge is 0.191 e. The first kappa shape index (κ1) is 14.7. The Bertz CT molecular complexity index is 548. The molecule has 19 heavy (non-hydrogen) atoms. The van der Waals surface area contributed by atoms with Gasteiger partial charge < -0.3 is 9.30 Å². The van der Waals surface area contributed by atoms with Crippen LogP contribution in [0.1, 0.15) is 5.56 Å². The number of ether oxygens (including phenoxy) is 1. The van der Waals surface area contributed by atoms with E-state index in [9.17, 15) is 0 Å². The minimum atomic E-state index is 0.568. The highest BCUT2D eigenvalue weighted by Gasteiger charge is 2.06. The molecule has 2 rings (SSSR count). The second kappa shape index (κ2) is 7.14. The number of thioether (sulfide) groups is 1. The Hall–Kier alpha value is -0.750. The number of benzene rings is 1. The molecular weight excluding hydrogens is 305 g/mol. The number of aromatic nitrogens is 3. The van der Waals surface area contributed by atoms with Crippen molar-refractivity contribution in [1.82, 2.24) is 14.8 Å². The maximum absolute atomic E-state index is 5.98. The molecule has 1 aromatic heterocycles. The van der Waals surface area contributed by atoms with Crippen LogP contribution in [0.5, 0.6) is 0 Å². The zero-order chi connectivity index (χ0) is 13.7. The second-order valence-corrected chi connectivity index (χ2v) is 5.59. The lowest BCUT2D eigenvalue weighted by atomic mass is 10.2. The summed E-state index contributed by atoms with van der Waals surface area (Å²) in [4.78, 5) is 0. The van der Waals surface area contributed by atoms with Crippen LogP contribution in [-0.4, -0.2) is 28.5 Å². The monoisotopic (exact) mass is 317 g/mol. The van der Waals surface area contributed by atoms with Crippen LogP contribution in [0.2, 0.25) is 10.0 Å². The van der Waals surface area contributed by atoms with Gasteiger partial charge in [0.15, 0.2) is 5.16 Å². The number of nitrogens with zero attached hydrogens (tertiary/aromatic N) is 3. The van der Waals surface area contributed by atoms with Crippen molar-refractivity contribution in [3.63, 3.8) is 0 Å². The van der Waals surface area contributed by atoms with Crippen LogP contribution in [0.4, 0.5) is 0 Å². The van der Waals surface area contributed by atoms with Gasteiger partial charge in [-0.25, -0.2) is 0 Å². The fraction of sp³-hybridized carbons (Fsp3) is 0.333. The van der Waals surface area contributed by atoms with Gasteiger partial charge in [0.05, 0.1) is 16.7 Å². The molecule has 1 aromatic carbocycles. The number of methoxy groups -OCH3 is 1. The lowest BCUT2D eigenvalue weighted by molar-refractivity contribution is 0.184. The van der Waals surface area contributed by atoms with Gasteiger partial charge in [-0.05, 0) is 17.7 Å². The molecule has 4 nitrogen and oxygen atoms in total. The average Bonchev–Trinajstić information content (AvgIpc) is 2.85. The fourth-order valence-electron chi connectivity index (χ4n) is 1.48. The first-order valence-electron chi connectivity index (χ1n) is 5.64. The van der Waals surface area contributed by atoms with Crippen molar-refractivity contribution >= 4 is 35.0 Å². The van der Waals surface area contributed by atoms with Gasteiger partial charge in [0.25, 0.3) is 0 Å². The molecule has 0 bridgehead atoms. The van der Waals surface area contributed by atoms with Crippen LogP contribution in [-0.2, 0) is 17.0 Å². The number of hydrogen-bond acceptors (Lipinski definition) is 4. The number of halogens is 2. The third kappa shape index (κ3) is 4.11. The number of hydrogen-bond donors (Lipinski definition) is 0. The molecule has 0 fully saturated rings. The van der Waals surface area contributed by atoms with E-state index in [-0.39, 0.29) is 0 Å². The standard InChI is InChI=1S/C12H13Cl2N3OS/c1-18-5-4-17-8-15-16-12(17)19-7-9-2-3-10(13)11(14)6-9/h2-3,6,8H,4-5,7H2,1H3. The molecule has 0 aliphatic heterocycles. The molecular formula is C12H13Cl2N3OS. The van der Waals surface area contributed by atoms with E-state index >= 15 is 0 Å². The van der Waals surface area contributed by atoms with Crippen LogP contribution in [0.3, 0.4) is 0 Å². The van der Waals surface area contributed by atoms with Crippen molar-refractivity contribution in [1.29, 1.82) is 0 Å². The molecule has 1 heterocycles. The van der Waals surface area contributed by atoms with E-state index in [4.69, 9.17) is 27.9 Å². The zero-order valence-corrected chi connectivity index (χ0v) is 12.7. The van der Waals surface area contributed by atoms with Crippen molar-refractivity contribution in [3.05, 3.63) is 40.1 Å². The lowest BCUT2D eigenvalue weighted by Crippen LogP contribution is -2.04. The van der Waals surface area contributed by atoms with Gasteiger partial charge in [0.2, 0.25) is 0 Å². The topological polar surface area (TPSA) is 39.9 Å². The van der Waals surface area contributed by atoms with E-state index in [0.29, 0.717) is 16.7 Å². The summed E-state index contributed by atoms with van der Waals surface area (Å²) < 4.78 is 7.01. The van der Waals surface area contributed by atoms with Gasteiger partial charge in [-0.3, -0.25) is 0 Å². The van der Waals surface area contributed by atoms with Crippen molar-refractivity contribution in [3.8, 4) is 0 Å². The van der Waals surface area contributed by atoms with E-state index < -0.39 is 0 Å². The van der Waals surface area contributed by atoms with Gasteiger partial charge >= 0.3 is 0 Å². The molecule has 0 N–H and O–H groups in total. The summed E-state index contributed by atoms with van der Waals surface area (Å²) in [5, 5.41) is 10.00. The lowest BCUT2D eigenvalue weighted by Gasteiger charge is -2.06. The summed E-state index contributed by atoms with van der Waals surface area (Å²) in [5.74, 6) is 0.766. The second-order valence-electron chi connectivity index (χ2n) is 3.84. The summed E-state index contributed by atoms with van der Waals surface area (Å²) >= 11 is 13.5. The summed E-state index contributed by atoms with van der Waals surface area (Å²) in [6, 6.07) is 5.62. The van der Waals surface area contributed by atoms with Crippen molar-refractivity contribution in [2.45, 2.75) is 17.5 Å². The highest BCUT2D eigenvalue weighted by molar-refractivity contribution is 7.98. The van der Waals surface area contributed by atoms with Crippen molar-refractivity contribution < 1.29 is 4.74 Å². The third-order valence-corrected chi connectivity index (χ3v) is 4.26.